The van der Waals surface area contributed by atoms with Gasteiger partial charge in [0, 0.05) is 26.0 Å². The summed E-state index contributed by atoms with van der Waals surface area (Å²) in [4.78, 5) is 48.2. The topological polar surface area (TPSA) is 129 Å². The number of imidazole rings is 1. The summed E-state index contributed by atoms with van der Waals surface area (Å²) in [5.74, 6) is -0.243. The number of nitrogens with zero attached hydrogens (tertiary/aromatic N) is 6. The van der Waals surface area contributed by atoms with Crippen LogP contribution in [0.4, 0.5) is 0 Å². The van der Waals surface area contributed by atoms with Crippen LogP contribution in [0, 0.1) is 6.92 Å². The van der Waals surface area contributed by atoms with Gasteiger partial charge in [-0.05, 0) is 19.4 Å². The third-order valence-corrected chi connectivity index (χ3v) is 4.95. The van der Waals surface area contributed by atoms with Gasteiger partial charge in [0.2, 0.25) is 0 Å². The summed E-state index contributed by atoms with van der Waals surface area (Å²) in [5.41, 5.74) is 0.661. The molecule has 0 unspecified atom stereocenters. The molecule has 0 saturated heterocycles. The van der Waals surface area contributed by atoms with Crippen molar-refractivity contribution in [1.82, 2.24) is 33.7 Å². The van der Waals surface area contributed by atoms with Crippen LogP contribution in [0.25, 0.3) is 16.8 Å². The predicted molar refractivity (Wildman–Crippen MR) is 107 cm³/mol. The monoisotopic (exact) mass is 411 g/mol. The number of rotatable bonds is 6. The first-order valence-electron chi connectivity index (χ1n) is 9.57. The Bertz CT molecular complexity index is 1380. The van der Waals surface area contributed by atoms with Crippen molar-refractivity contribution >= 4 is 22.8 Å². The van der Waals surface area contributed by atoms with Crippen molar-refractivity contribution in [2.75, 3.05) is 0 Å². The van der Waals surface area contributed by atoms with Crippen LogP contribution in [0.5, 0.6) is 0 Å². The molecule has 0 aliphatic carbocycles. The smallest absolute Gasteiger partial charge is 0.344 e. The number of carbonyl (C=O) groups is 1. The number of fused-ring (bicyclic) bond motifs is 2. The van der Waals surface area contributed by atoms with E-state index in [4.69, 9.17) is 4.74 Å². The van der Waals surface area contributed by atoms with E-state index in [1.807, 2.05) is 6.92 Å². The molecule has 4 aromatic rings. The fourth-order valence-electron chi connectivity index (χ4n) is 3.38. The van der Waals surface area contributed by atoms with Gasteiger partial charge in [0.25, 0.3) is 5.56 Å². The first kappa shape index (κ1) is 19.6. The Hall–Kier alpha value is -3.76. The van der Waals surface area contributed by atoms with Crippen LogP contribution in [0.15, 0.2) is 28.0 Å². The minimum atomic E-state index is -0.592. The third kappa shape index (κ3) is 3.17. The van der Waals surface area contributed by atoms with Gasteiger partial charge in [-0.3, -0.25) is 14.3 Å². The number of hydrogen-bond acceptors (Lipinski definition) is 7. The Morgan fingerprint density at radius 3 is 2.83 bits per heavy atom. The number of unbranched alkanes of at least 4 members (excludes halogenated alkanes) is 1. The van der Waals surface area contributed by atoms with Gasteiger partial charge < -0.3 is 9.30 Å². The molecule has 0 amide bonds. The molecule has 4 rings (SSSR count). The number of aromatic amines is 1. The second-order valence-electron chi connectivity index (χ2n) is 6.95. The quantitative estimate of drug-likeness (QED) is 0.467. The largest absolute Gasteiger partial charge is 0.454 e. The molecule has 0 spiro atoms. The second-order valence-corrected chi connectivity index (χ2v) is 6.95. The molecular weight excluding hydrogens is 390 g/mol. The van der Waals surface area contributed by atoms with Crippen molar-refractivity contribution < 1.29 is 9.53 Å². The Labute approximate surface area is 170 Å². The lowest BCUT2D eigenvalue weighted by atomic mass is 10.2. The van der Waals surface area contributed by atoms with Crippen LogP contribution in [-0.4, -0.2) is 39.7 Å². The summed E-state index contributed by atoms with van der Waals surface area (Å²) < 4.78 is 9.92. The SMILES string of the molecule is CCCCn1c(=O)[nH]c(=O)c2c1nc(COC(=O)c1c(C)nn3cccnc13)n2C. The summed E-state index contributed by atoms with van der Waals surface area (Å²) in [6, 6.07) is 1.71. The average molecular weight is 411 g/mol. The summed E-state index contributed by atoms with van der Waals surface area (Å²) >= 11 is 0. The van der Waals surface area contributed by atoms with Gasteiger partial charge in [0.05, 0.1) is 5.69 Å². The van der Waals surface area contributed by atoms with Gasteiger partial charge >= 0.3 is 11.7 Å². The van der Waals surface area contributed by atoms with Crippen molar-refractivity contribution in [3.63, 3.8) is 0 Å². The molecule has 0 aromatic carbocycles. The fraction of sp³-hybridized carbons (Fsp3) is 0.368. The highest BCUT2D eigenvalue weighted by atomic mass is 16.5. The molecule has 11 nitrogen and oxygen atoms in total. The lowest BCUT2D eigenvalue weighted by Crippen LogP contribution is -2.31. The molecule has 30 heavy (non-hydrogen) atoms. The van der Waals surface area contributed by atoms with Crippen LogP contribution < -0.4 is 11.2 Å². The van der Waals surface area contributed by atoms with E-state index in [-0.39, 0.29) is 23.3 Å². The number of nitrogens with one attached hydrogen (secondary N) is 1. The molecule has 0 atom stereocenters. The number of esters is 1. The number of aromatic nitrogens is 7. The van der Waals surface area contributed by atoms with Gasteiger partial charge in [-0.25, -0.2) is 24.1 Å². The minimum Gasteiger partial charge on any atom is -0.454 e. The molecule has 0 aliphatic heterocycles. The maximum atomic E-state index is 12.7. The Balaban J connectivity index is 1.67. The predicted octanol–water partition coefficient (Wildman–Crippen LogP) is 0.932. The normalized spacial score (nSPS) is 11.4. The van der Waals surface area contributed by atoms with Crippen molar-refractivity contribution in [2.24, 2.45) is 7.05 Å². The average Bonchev–Trinajstić information content (AvgIpc) is 3.22. The summed E-state index contributed by atoms with van der Waals surface area (Å²) in [6.45, 7) is 3.97. The highest BCUT2D eigenvalue weighted by Gasteiger charge is 2.22. The molecule has 11 heteroatoms. The van der Waals surface area contributed by atoms with Gasteiger partial charge in [0.1, 0.15) is 18.0 Å². The zero-order valence-electron chi connectivity index (χ0n) is 16.9. The second kappa shape index (κ2) is 7.58. The molecule has 0 fully saturated rings. The van der Waals surface area contributed by atoms with Crippen molar-refractivity contribution in [2.45, 2.75) is 39.8 Å². The highest BCUT2D eigenvalue weighted by molar-refractivity contribution is 5.97. The summed E-state index contributed by atoms with van der Waals surface area (Å²) in [5, 5.41) is 4.25. The lowest BCUT2D eigenvalue weighted by Gasteiger charge is -2.05. The first-order chi connectivity index (χ1) is 14.4. The highest BCUT2D eigenvalue weighted by Crippen LogP contribution is 2.16. The maximum Gasteiger partial charge on any atom is 0.344 e. The van der Waals surface area contributed by atoms with E-state index in [0.717, 1.165) is 12.8 Å². The van der Waals surface area contributed by atoms with E-state index < -0.39 is 17.2 Å². The van der Waals surface area contributed by atoms with Crippen LogP contribution in [0.3, 0.4) is 0 Å². The molecule has 0 saturated carbocycles. The Kier molecular flexibility index (Phi) is 4.94. The fourth-order valence-corrected chi connectivity index (χ4v) is 3.38. The van der Waals surface area contributed by atoms with Crippen molar-refractivity contribution in [3.05, 3.63) is 56.4 Å². The summed E-state index contributed by atoms with van der Waals surface area (Å²) in [6.07, 6.45) is 4.92. The van der Waals surface area contributed by atoms with Crippen molar-refractivity contribution in [1.29, 1.82) is 0 Å². The van der Waals surface area contributed by atoms with Crippen LogP contribution >= 0.6 is 0 Å². The van der Waals surface area contributed by atoms with E-state index in [1.54, 1.807) is 32.4 Å². The van der Waals surface area contributed by atoms with E-state index in [2.05, 4.69) is 20.1 Å². The lowest BCUT2D eigenvalue weighted by molar-refractivity contribution is 0.0461. The minimum absolute atomic E-state index is 0.172. The van der Waals surface area contributed by atoms with E-state index in [9.17, 15) is 14.4 Å². The third-order valence-electron chi connectivity index (χ3n) is 4.95. The molecule has 4 aromatic heterocycles. The molecule has 0 aliphatic rings. The van der Waals surface area contributed by atoms with Gasteiger partial charge in [-0.2, -0.15) is 5.10 Å². The Morgan fingerprint density at radius 2 is 2.07 bits per heavy atom. The number of aryl methyl sites for hydroxylation is 3. The van der Waals surface area contributed by atoms with E-state index in [1.165, 1.54) is 13.6 Å². The molecule has 156 valence electrons. The number of hydrogen-bond donors (Lipinski definition) is 1. The van der Waals surface area contributed by atoms with E-state index >= 15 is 0 Å². The molecular formula is C19H21N7O4. The van der Waals surface area contributed by atoms with Crippen LogP contribution in [-0.2, 0) is 24.9 Å². The van der Waals surface area contributed by atoms with Crippen LogP contribution in [0.2, 0.25) is 0 Å². The van der Waals surface area contributed by atoms with Gasteiger partial charge in [-0.15, -0.1) is 0 Å². The van der Waals surface area contributed by atoms with E-state index in [0.29, 0.717) is 23.7 Å². The van der Waals surface area contributed by atoms with Crippen LogP contribution in [0.1, 0.15) is 41.6 Å². The Morgan fingerprint density at radius 1 is 1.27 bits per heavy atom. The number of H-pyrrole nitrogens is 1. The standard InChI is InChI=1S/C19H21N7O4/c1-4-5-8-25-16-14(17(27)22-19(25)29)24(3)12(21-16)10-30-18(28)13-11(2)23-26-9-6-7-20-15(13)26/h6-7,9H,4-5,8,10H2,1-3H3,(H,22,27,29). The molecule has 4 heterocycles. The summed E-state index contributed by atoms with van der Waals surface area (Å²) in [7, 11) is 1.64. The van der Waals surface area contributed by atoms with Gasteiger partial charge in [0.15, 0.2) is 16.8 Å². The van der Waals surface area contributed by atoms with Crippen molar-refractivity contribution in [3.8, 4) is 0 Å². The number of ether oxygens (including phenoxy) is 1. The molecule has 0 bridgehead atoms. The maximum absolute atomic E-state index is 12.7. The zero-order chi connectivity index (χ0) is 21.4. The molecule has 1 N–H and O–H groups in total. The molecule has 0 radical (unpaired) electrons. The van der Waals surface area contributed by atoms with Gasteiger partial charge in [-0.1, -0.05) is 13.3 Å². The first-order valence-corrected chi connectivity index (χ1v) is 9.57. The number of carbonyl (C=O) groups excluding carboxylic acids is 1. The zero-order valence-corrected chi connectivity index (χ0v) is 16.9.